The fraction of sp³-hybridized carbons (Fsp3) is 0.333. The minimum Gasteiger partial charge on any atom is -0.371 e. The van der Waals surface area contributed by atoms with Crippen LogP contribution in [0.25, 0.3) is 10.1 Å². The summed E-state index contributed by atoms with van der Waals surface area (Å²) in [5, 5.41) is 3.65. The van der Waals surface area contributed by atoms with Crippen LogP contribution in [0.3, 0.4) is 0 Å². The van der Waals surface area contributed by atoms with Crippen LogP contribution >= 0.6 is 11.3 Å². The molecule has 0 unspecified atom stereocenters. The van der Waals surface area contributed by atoms with Crippen molar-refractivity contribution in [2.24, 2.45) is 0 Å². The van der Waals surface area contributed by atoms with Crippen molar-refractivity contribution in [3.05, 3.63) is 29.6 Å². The van der Waals surface area contributed by atoms with E-state index in [0.717, 1.165) is 13.1 Å². The van der Waals surface area contributed by atoms with E-state index in [9.17, 15) is 0 Å². The van der Waals surface area contributed by atoms with Crippen LogP contribution < -0.4 is 4.90 Å². The Morgan fingerprint density at radius 3 is 2.57 bits per heavy atom. The molecule has 0 amide bonds. The molecule has 0 radical (unpaired) electrons. The SMILES string of the molecule is CCN(CC)c1csc2ccccc12. The first kappa shape index (κ1) is 9.53. The lowest BCUT2D eigenvalue weighted by molar-refractivity contribution is 0.872. The highest BCUT2D eigenvalue weighted by atomic mass is 32.1. The lowest BCUT2D eigenvalue weighted by Crippen LogP contribution is -2.21. The van der Waals surface area contributed by atoms with Gasteiger partial charge in [-0.25, -0.2) is 0 Å². The van der Waals surface area contributed by atoms with Gasteiger partial charge in [-0.3, -0.25) is 0 Å². The molecule has 2 heteroatoms. The van der Waals surface area contributed by atoms with Gasteiger partial charge in [0.2, 0.25) is 0 Å². The normalized spacial score (nSPS) is 10.7. The largest absolute Gasteiger partial charge is 0.371 e. The highest BCUT2D eigenvalue weighted by Gasteiger charge is 2.07. The van der Waals surface area contributed by atoms with E-state index in [0.29, 0.717) is 0 Å². The number of anilines is 1. The average molecular weight is 205 g/mol. The van der Waals surface area contributed by atoms with Crippen LogP contribution in [0.5, 0.6) is 0 Å². The average Bonchev–Trinajstić information content (AvgIpc) is 2.65. The molecular formula is C12H15NS. The molecule has 1 aromatic carbocycles. The molecule has 1 aromatic heterocycles. The Balaban J connectivity index is 2.51. The fourth-order valence-corrected chi connectivity index (χ4v) is 2.74. The fourth-order valence-electron chi connectivity index (χ4n) is 1.77. The maximum absolute atomic E-state index is 2.40. The first-order chi connectivity index (χ1) is 6.86. The van der Waals surface area contributed by atoms with E-state index >= 15 is 0 Å². The van der Waals surface area contributed by atoms with Gasteiger partial charge in [0.15, 0.2) is 0 Å². The molecule has 0 saturated carbocycles. The highest BCUT2D eigenvalue weighted by Crippen LogP contribution is 2.32. The molecule has 0 aliphatic carbocycles. The summed E-state index contributed by atoms with van der Waals surface area (Å²) in [6.45, 7) is 6.57. The summed E-state index contributed by atoms with van der Waals surface area (Å²) in [5.41, 5.74) is 1.38. The molecule has 0 aliphatic rings. The standard InChI is InChI=1S/C12H15NS/c1-3-13(4-2)11-9-14-12-8-6-5-7-10(11)12/h5-9H,3-4H2,1-2H3. The van der Waals surface area contributed by atoms with Crippen LogP contribution in [0.4, 0.5) is 5.69 Å². The minimum atomic E-state index is 1.08. The van der Waals surface area contributed by atoms with E-state index in [4.69, 9.17) is 0 Å². The van der Waals surface area contributed by atoms with E-state index in [-0.39, 0.29) is 0 Å². The van der Waals surface area contributed by atoms with Crippen LogP contribution in [-0.4, -0.2) is 13.1 Å². The summed E-state index contributed by atoms with van der Waals surface area (Å²) in [5.74, 6) is 0. The third-order valence-corrected chi connectivity index (χ3v) is 3.52. The Morgan fingerprint density at radius 1 is 1.14 bits per heavy atom. The molecule has 2 rings (SSSR count). The van der Waals surface area contributed by atoms with Gasteiger partial charge in [-0.1, -0.05) is 18.2 Å². The van der Waals surface area contributed by atoms with Gasteiger partial charge in [-0.2, -0.15) is 0 Å². The Kier molecular flexibility index (Phi) is 2.73. The van der Waals surface area contributed by atoms with Crippen molar-refractivity contribution in [3.63, 3.8) is 0 Å². The molecule has 14 heavy (non-hydrogen) atoms. The maximum atomic E-state index is 2.40. The van der Waals surface area contributed by atoms with Crippen LogP contribution in [0.15, 0.2) is 29.6 Å². The van der Waals surface area contributed by atoms with E-state index in [1.165, 1.54) is 15.8 Å². The number of rotatable bonds is 3. The molecule has 0 bridgehead atoms. The Bertz CT molecular complexity index is 415. The van der Waals surface area contributed by atoms with E-state index in [1.54, 1.807) is 0 Å². The van der Waals surface area contributed by atoms with Gasteiger partial charge in [0.05, 0.1) is 5.69 Å². The molecule has 0 spiro atoms. The van der Waals surface area contributed by atoms with E-state index in [1.807, 2.05) is 11.3 Å². The Hall–Kier alpha value is -1.02. The number of hydrogen-bond acceptors (Lipinski definition) is 2. The summed E-state index contributed by atoms with van der Waals surface area (Å²) < 4.78 is 1.38. The van der Waals surface area contributed by atoms with Crippen LogP contribution in [0.1, 0.15) is 13.8 Å². The molecule has 0 N–H and O–H groups in total. The monoisotopic (exact) mass is 205 g/mol. The third-order valence-electron chi connectivity index (χ3n) is 2.56. The highest BCUT2D eigenvalue weighted by molar-refractivity contribution is 7.17. The van der Waals surface area contributed by atoms with E-state index < -0.39 is 0 Å². The predicted molar refractivity (Wildman–Crippen MR) is 65.4 cm³/mol. The van der Waals surface area contributed by atoms with Crippen molar-refractivity contribution in [3.8, 4) is 0 Å². The molecule has 0 atom stereocenters. The second-order valence-electron chi connectivity index (χ2n) is 3.29. The second kappa shape index (κ2) is 4.01. The number of benzene rings is 1. The first-order valence-corrected chi connectivity index (χ1v) is 5.96. The van der Waals surface area contributed by atoms with Crippen LogP contribution in [0, 0.1) is 0 Å². The Morgan fingerprint density at radius 2 is 1.86 bits per heavy atom. The van der Waals surface area contributed by atoms with Gasteiger partial charge in [-0.15, -0.1) is 11.3 Å². The van der Waals surface area contributed by atoms with Gasteiger partial charge < -0.3 is 4.90 Å². The van der Waals surface area contributed by atoms with Gasteiger partial charge in [0.25, 0.3) is 0 Å². The van der Waals surface area contributed by atoms with Gasteiger partial charge >= 0.3 is 0 Å². The topological polar surface area (TPSA) is 3.24 Å². The molecule has 1 heterocycles. The maximum Gasteiger partial charge on any atom is 0.0554 e. The quantitative estimate of drug-likeness (QED) is 0.737. The molecular weight excluding hydrogens is 190 g/mol. The lowest BCUT2D eigenvalue weighted by atomic mass is 10.2. The molecule has 1 nitrogen and oxygen atoms in total. The minimum absolute atomic E-state index is 1.08. The zero-order valence-corrected chi connectivity index (χ0v) is 9.47. The number of thiophene rings is 1. The lowest BCUT2D eigenvalue weighted by Gasteiger charge is -2.19. The van der Waals surface area contributed by atoms with Gasteiger partial charge in [-0.05, 0) is 19.9 Å². The van der Waals surface area contributed by atoms with Crippen LogP contribution in [0.2, 0.25) is 0 Å². The summed E-state index contributed by atoms with van der Waals surface area (Å²) >= 11 is 1.83. The molecule has 74 valence electrons. The zero-order chi connectivity index (χ0) is 9.97. The smallest absolute Gasteiger partial charge is 0.0554 e. The van der Waals surface area contributed by atoms with Crippen molar-refractivity contribution < 1.29 is 0 Å². The third kappa shape index (κ3) is 1.50. The first-order valence-electron chi connectivity index (χ1n) is 5.08. The van der Waals surface area contributed by atoms with Crippen molar-refractivity contribution in [2.45, 2.75) is 13.8 Å². The van der Waals surface area contributed by atoms with E-state index in [2.05, 4.69) is 48.4 Å². The summed E-state index contributed by atoms with van der Waals surface area (Å²) in [7, 11) is 0. The molecule has 0 fully saturated rings. The van der Waals surface area contributed by atoms with Crippen molar-refractivity contribution in [2.75, 3.05) is 18.0 Å². The summed E-state index contributed by atoms with van der Waals surface area (Å²) in [6.07, 6.45) is 0. The van der Waals surface area contributed by atoms with Gasteiger partial charge in [0, 0.05) is 28.6 Å². The van der Waals surface area contributed by atoms with Crippen LogP contribution in [-0.2, 0) is 0 Å². The zero-order valence-electron chi connectivity index (χ0n) is 8.66. The van der Waals surface area contributed by atoms with Crippen molar-refractivity contribution in [1.82, 2.24) is 0 Å². The van der Waals surface area contributed by atoms with Crippen molar-refractivity contribution in [1.29, 1.82) is 0 Å². The molecule has 0 saturated heterocycles. The number of nitrogens with zero attached hydrogens (tertiary/aromatic N) is 1. The summed E-state index contributed by atoms with van der Waals surface area (Å²) in [4.78, 5) is 2.40. The van der Waals surface area contributed by atoms with Gasteiger partial charge in [0.1, 0.15) is 0 Å². The predicted octanol–water partition coefficient (Wildman–Crippen LogP) is 3.75. The molecule has 2 aromatic rings. The molecule has 0 aliphatic heterocycles. The number of fused-ring (bicyclic) bond motifs is 1. The number of hydrogen-bond donors (Lipinski definition) is 0. The summed E-state index contributed by atoms with van der Waals surface area (Å²) in [6, 6.07) is 8.61. The second-order valence-corrected chi connectivity index (χ2v) is 4.20. The Labute approximate surface area is 89.0 Å². The van der Waals surface area contributed by atoms with Crippen molar-refractivity contribution >= 4 is 27.1 Å².